The summed E-state index contributed by atoms with van der Waals surface area (Å²) in [6.45, 7) is 6.84. The van der Waals surface area contributed by atoms with E-state index >= 15 is 0 Å². The van der Waals surface area contributed by atoms with Gasteiger partial charge < -0.3 is 14.5 Å². The van der Waals surface area contributed by atoms with E-state index in [9.17, 15) is 0 Å². The maximum Gasteiger partial charge on any atom is 0.137 e. The molecule has 1 aromatic heterocycles. The maximum atomic E-state index is 8.92. The monoisotopic (exact) mass is 238 g/mol. The lowest BCUT2D eigenvalue weighted by Crippen LogP contribution is -2.38. The zero-order valence-corrected chi connectivity index (χ0v) is 10.7. The van der Waals surface area contributed by atoms with Gasteiger partial charge in [-0.1, -0.05) is 5.16 Å². The van der Waals surface area contributed by atoms with E-state index in [0.29, 0.717) is 17.7 Å². The van der Waals surface area contributed by atoms with Crippen LogP contribution in [0.2, 0.25) is 0 Å². The average Bonchev–Trinajstić information content (AvgIpc) is 2.77. The van der Waals surface area contributed by atoms with Gasteiger partial charge in [-0.25, -0.2) is 0 Å². The number of aliphatic hydroxyl groups excluding tert-OH is 1. The van der Waals surface area contributed by atoms with Gasteiger partial charge in [0.25, 0.3) is 0 Å². The molecule has 0 aromatic carbocycles. The second-order valence-corrected chi connectivity index (χ2v) is 5.22. The van der Waals surface area contributed by atoms with Crippen LogP contribution in [0.1, 0.15) is 38.1 Å². The van der Waals surface area contributed by atoms with Crippen LogP contribution in [0, 0.1) is 5.92 Å². The van der Waals surface area contributed by atoms with Crippen molar-refractivity contribution in [3.8, 4) is 0 Å². The van der Waals surface area contributed by atoms with Gasteiger partial charge in [0, 0.05) is 18.5 Å². The number of aliphatic hydroxyl groups is 1. The first kappa shape index (κ1) is 12.6. The van der Waals surface area contributed by atoms with Crippen LogP contribution in [0.25, 0.3) is 0 Å². The molecule has 1 aliphatic heterocycles. The standard InChI is InChI=1S/C13H22N2O2/c1-10(2)15-5-3-11(4-6-15)7-13-8-12(9-16)14-17-13/h8,10-11,16H,3-7,9H2,1-2H3. The molecule has 1 aromatic rings. The van der Waals surface area contributed by atoms with Crippen LogP contribution in [0.15, 0.2) is 10.6 Å². The van der Waals surface area contributed by atoms with Crippen molar-refractivity contribution in [1.29, 1.82) is 0 Å². The smallest absolute Gasteiger partial charge is 0.137 e. The fraction of sp³-hybridized carbons (Fsp3) is 0.769. The number of piperidine rings is 1. The molecule has 4 heteroatoms. The van der Waals surface area contributed by atoms with Crippen LogP contribution in [0.3, 0.4) is 0 Å². The van der Waals surface area contributed by atoms with E-state index < -0.39 is 0 Å². The highest BCUT2D eigenvalue weighted by molar-refractivity contribution is 5.05. The molecule has 1 N–H and O–H groups in total. The summed E-state index contributed by atoms with van der Waals surface area (Å²) in [6.07, 6.45) is 3.42. The summed E-state index contributed by atoms with van der Waals surface area (Å²) in [6, 6.07) is 2.52. The summed E-state index contributed by atoms with van der Waals surface area (Å²) in [5.74, 6) is 1.61. The Balaban J connectivity index is 1.81. The topological polar surface area (TPSA) is 49.5 Å². The normalized spacial score (nSPS) is 19.1. The van der Waals surface area contributed by atoms with Crippen LogP contribution in [0.4, 0.5) is 0 Å². The third-order valence-corrected chi connectivity index (χ3v) is 3.64. The Morgan fingerprint density at radius 3 is 2.71 bits per heavy atom. The quantitative estimate of drug-likeness (QED) is 0.869. The van der Waals surface area contributed by atoms with Crippen molar-refractivity contribution in [3.63, 3.8) is 0 Å². The number of rotatable bonds is 4. The third kappa shape index (κ3) is 3.30. The third-order valence-electron chi connectivity index (χ3n) is 3.64. The number of hydrogen-bond acceptors (Lipinski definition) is 4. The van der Waals surface area contributed by atoms with Crippen LogP contribution in [-0.4, -0.2) is 34.3 Å². The number of aromatic nitrogens is 1. The SMILES string of the molecule is CC(C)N1CCC(Cc2cc(CO)no2)CC1. The molecule has 0 atom stereocenters. The summed E-state index contributed by atoms with van der Waals surface area (Å²) in [5, 5.41) is 12.7. The van der Waals surface area contributed by atoms with E-state index in [1.807, 2.05) is 6.07 Å². The fourth-order valence-electron chi connectivity index (χ4n) is 2.48. The highest BCUT2D eigenvalue weighted by Crippen LogP contribution is 2.23. The predicted molar refractivity (Wildman–Crippen MR) is 65.6 cm³/mol. The molecule has 0 aliphatic carbocycles. The van der Waals surface area contributed by atoms with Gasteiger partial charge in [-0.05, 0) is 45.7 Å². The Bertz CT molecular complexity index is 341. The van der Waals surface area contributed by atoms with Crippen LogP contribution >= 0.6 is 0 Å². The Morgan fingerprint density at radius 1 is 1.47 bits per heavy atom. The molecule has 0 amide bonds. The first-order valence-electron chi connectivity index (χ1n) is 6.48. The van der Waals surface area contributed by atoms with Crippen LogP contribution in [-0.2, 0) is 13.0 Å². The fourth-order valence-corrected chi connectivity index (χ4v) is 2.48. The Kier molecular flexibility index (Phi) is 4.18. The molecule has 96 valence electrons. The molecule has 0 spiro atoms. The molecule has 0 radical (unpaired) electrons. The van der Waals surface area contributed by atoms with E-state index in [0.717, 1.165) is 12.2 Å². The van der Waals surface area contributed by atoms with Crippen LogP contribution < -0.4 is 0 Å². The predicted octanol–water partition coefficient (Wildman–Crippen LogP) is 1.83. The van der Waals surface area contributed by atoms with Gasteiger partial charge in [-0.3, -0.25) is 0 Å². The molecular formula is C13H22N2O2. The number of likely N-dealkylation sites (tertiary alicyclic amines) is 1. The molecule has 0 bridgehead atoms. The number of hydrogen-bond donors (Lipinski definition) is 1. The molecule has 2 rings (SSSR count). The number of nitrogens with zero attached hydrogens (tertiary/aromatic N) is 2. The Labute approximate surface area is 103 Å². The van der Waals surface area contributed by atoms with E-state index in [2.05, 4.69) is 23.9 Å². The van der Waals surface area contributed by atoms with Crippen molar-refractivity contribution < 1.29 is 9.63 Å². The van der Waals surface area contributed by atoms with Crippen molar-refractivity contribution in [2.24, 2.45) is 5.92 Å². The van der Waals surface area contributed by atoms with E-state index in [-0.39, 0.29) is 6.61 Å². The second kappa shape index (κ2) is 5.65. The molecule has 0 unspecified atom stereocenters. The van der Waals surface area contributed by atoms with Gasteiger partial charge in [0.2, 0.25) is 0 Å². The Hall–Kier alpha value is -0.870. The van der Waals surface area contributed by atoms with Crippen molar-refractivity contribution in [1.82, 2.24) is 10.1 Å². The van der Waals surface area contributed by atoms with Crippen molar-refractivity contribution in [2.45, 2.75) is 45.8 Å². The van der Waals surface area contributed by atoms with Gasteiger partial charge in [0.15, 0.2) is 0 Å². The minimum atomic E-state index is -0.0324. The van der Waals surface area contributed by atoms with Gasteiger partial charge in [0.05, 0.1) is 6.61 Å². The summed E-state index contributed by atoms with van der Waals surface area (Å²) in [4.78, 5) is 2.52. The zero-order valence-electron chi connectivity index (χ0n) is 10.7. The van der Waals surface area contributed by atoms with E-state index in [4.69, 9.17) is 9.63 Å². The largest absolute Gasteiger partial charge is 0.390 e. The lowest BCUT2D eigenvalue weighted by Gasteiger charge is -2.34. The van der Waals surface area contributed by atoms with E-state index in [1.165, 1.54) is 25.9 Å². The lowest BCUT2D eigenvalue weighted by molar-refractivity contribution is 0.145. The minimum absolute atomic E-state index is 0.0324. The molecule has 4 nitrogen and oxygen atoms in total. The van der Waals surface area contributed by atoms with Gasteiger partial charge in [-0.2, -0.15) is 0 Å². The molecule has 0 saturated carbocycles. The Morgan fingerprint density at radius 2 is 2.18 bits per heavy atom. The van der Waals surface area contributed by atoms with Gasteiger partial charge >= 0.3 is 0 Å². The van der Waals surface area contributed by atoms with Crippen LogP contribution in [0.5, 0.6) is 0 Å². The zero-order chi connectivity index (χ0) is 12.3. The summed E-state index contributed by atoms with van der Waals surface area (Å²) in [7, 11) is 0. The van der Waals surface area contributed by atoms with Crippen molar-refractivity contribution in [2.75, 3.05) is 13.1 Å². The first-order chi connectivity index (χ1) is 8.19. The molecule has 2 heterocycles. The molecule has 1 saturated heterocycles. The van der Waals surface area contributed by atoms with Gasteiger partial charge in [0.1, 0.15) is 11.5 Å². The lowest BCUT2D eigenvalue weighted by atomic mass is 9.92. The molecular weight excluding hydrogens is 216 g/mol. The second-order valence-electron chi connectivity index (χ2n) is 5.22. The molecule has 1 aliphatic rings. The average molecular weight is 238 g/mol. The summed E-state index contributed by atoms with van der Waals surface area (Å²) >= 11 is 0. The molecule has 1 fully saturated rings. The molecule has 17 heavy (non-hydrogen) atoms. The van der Waals surface area contributed by atoms with Crippen molar-refractivity contribution in [3.05, 3.63) is 17.5 Å². The van der Waals surface area contributed by atoms with E-state index in [1.54, 1.807) is 0 Å². The maximum absolute atomic E-state index is 8.92. The highest BCUT2D eigenvalue weighted by atomic mass is 16.5. The summed E-state index contributed by atoms with van der Waals surface area (Å²) < 4.78 is 5.21. The van der Waals surface area contributed by atoms with Crippen molar-refractivity contribution >= 4 is 0 Å². The minimum Gasteiger partial charge on any atom is -0.390 e. The first-order valence-corrected chi connectivity index (χ1v) is 6.48. The highest BCUT2D eigenvalue weighted by Gasteiger charge is 2.22. The summed E-state index contributed by atoms with van der Waals surface area (Å²) in [5.41, 5.74) is 0.639. The van der Waals surface area contributed by atoms with Gasteiger partial charge in [-0.15, -0.1) is 0 Å².